The Kier molecular flexibility index (Phi) is 17.9. The van der Waals surface area contributed by atoms with Gasteiger partial charge in [0.25, 0.3) is 5.70 Å². The standard InChI is InChI=1S/C44H51NO14S2/c1-5-34(46)53-22-7-23-55-39(48)27-12-14-29(15-13-27)40(49)57-31-18-16-30(17-19-31)42(51)59-33-21-20-32(58-41(50)28-10-8-26(3)9-11-28)37-38(33)61-44(60-37)36(45-4)43(52)56-25-24-54-35(47)6-2/h5-6,20-21,26-31H,1-2,7-19,22-25H2,3H3. The quantitative estimate of drug-likeness (QED) is 0.0374. The fourth-order valence-corrected chi connectivity index (χ4v) is 10.0. The van der Waals surface area contributed by atoms with Gasteiger partial charge in [-0.2, -0.15) is 0 Å². The Bertz CT molecular complexity index is 1910. The molecule has 5 rings (SSSR count). The highest BCUT2D eigenvalue weighted by molar-refractivity contribution is 8.24. The van der Waals surface area contributed by atoms with Gasteiger partial charge in [0, 0.05) is 18.6 Å². The third-order valence-electron chi connectivity index (χ3n) is 11.1. The maximum Gasteiger partial charge on any atom is 0.338 e. The topological polar surface area (TPSA) is 188 Å². The van der Waals surface area contributed by atoms with E-state index < -0.39 is 29.8 Å². The van der Waals surface area contributed by atoms with E-state index in [0.717, 1.165) is 48.5 Å². The molecule has 0 spiro atoms. The molecule has 0 bridgehead atoms. The molecule has 0 N–H and O–H groups in total. The van der Waals surface area contributed by atoms with Crippen molar-refractivity contribution in [2.45, 2.75) is 106 Å². The molecule has 0 atom stereocenters. The molecule has 1 aromatic carbocycles. The van der Waals surface area contributed by atoms with Gasteiger partial charge in [-0.3, -0.25) is 24.0 Å². The summed E-state index contributed by atoms with van der Waals surface area (Å²) in [6.07, 6.45) is 9.07. The van der Waals surface area contributed by atoms with E-state index >= 15 is 0 Å². The number of ether oxygens (including phenoxy) is 7. The summed E-state index contributed by atoms with van der Waals surface area (Å²) in [5.74, 6) is -4.11. The van der Waals surface area contributed by atoms with Crippen LogP contribution in [0.5, 0.6) is 11.5 Å². The summed E-state index contributed by atoms with van der Waals surface area (Å²) in [5, 5.41) is 0. The van der Waals surface area contributed by atoms with Gasteiger partial charge in [-0.25, -0.2) is 14.4 Å². The average Bonchev–Trinajstić information content (AvgIpc) is 3.72. The van der Waals surface area contributed by atoms with Gasteiger partial charge < -0.3 is 33.2 Å². The zero-order valence-electron chi connectivity index (χ0n) is 34.2. The maximum absolute atomic E-state index is 13.6. The number of carbonyl (C=O) groups excluding carboxylic acids is 7. The molecule has 1 aromatic rings. The highest BCUT2D eigenvalue weighted by Crippen LogP contribution is 2.59. The van der Waals surface area contributed by atoms with Crippen LogP contribution < -0.4 is 9.47 Å². The summed E-state index contributed by atoms with van der Waals surface area (Å²) >= 11 is 2.06. The molecule has 3 saturated carbocycles. The second-order valence-corrected chi connectivity index (χ2v) is 17.6. The Hall–Kier alpha value is -5.08. The predicted molar refractivity (Wildman–Crippen MR) is 220 cm³/mol. The van der Waals surface area contributed by atoms with Crippen molar-refractivity contribution in [2.24, 2.45) is 29.6 Å². The smallest absolute Gasteiger partial charge is 0.338 e. The zero-order chi connectivity index (χ0) is 43.9. The van der Waals surface area contributed by atoms with E-state index in [2.05, 4.69) is 24.9 Å². The normalized spacial score (nSPS) is 24.0. The van der Waals surface area contributed by atoms with Crippen LogP contribution in [0.25, 0.3) is 4.85 Å². The number of fused-ring (bicyclic) bond motifs is 1. The van der Waals surface area contributed by atoms with Crippen LogP contribution in [0.4, 0.5) is 0 Å². The molecule has 0 aromatic heterocycles. The second kappa shape index (κ2) is 23.2. The van der Waals surface area contributed by atoms with E-state index in [1.54, 1.807) is 6.07 Å². The molecule has 1 heterocycles. The Balaban J connectivity index is 1.15. The van der Waals surface area contributed by atoms with Crippen molar-refractivity contribution in [3.8, 4) is 11.5 Å². The van der Waals surface area contributed by atoms with Gasteiger partial charge in [0.05, 0.1) is 57.5 Å². The van der Waals surface area contributed by atoms with Gasteiger partial charge in [0.2, 0.25) is 0 Å². The summed E-state index contributed by atoms with van der Waals surface area (Å²) in [5.41, 5.74) is -0.335. The Morgan fingerprint density at radius 3 is 1.59 bits per heavy atom. The molecule has 4 aliphatic rings. The van der Waals surface area contributed by atoms with Crippen LogP contribution in [-0.2, 0) is 57.2 Å². The SMILES string of the molecule is [C-]#[N+]C(C(=O)OCCOC(=O)C=C)=C1Sc2c(OC(=O)C3CCC(C)CC3)ccc(OC(=O)C3CCC(OC(=O)C4CCC(C(=O)OCCCOC(=O)C=C)CC4)CC3)c2S1. The number of benzene rings is 1. The summed E-state index contributed by atoms with van der Waals surface area (Å²) in [6.45, 7) is 16.3. The lowest BCUT2D eigenvalue weighted by atomic mass is 9.82. The molecule has 328 valence electrons. The molecular formula is C44H51NO14S2. The summed E-state index contributed by atoms with van der Waals surface area (Å²) < 4.78 is 38.2. The van der Waals surface area contributed by atoms with Crippen molar-refractivity contribution in [1.82, 2.24) is 0 Å². The Morgan fingerprint density at radius 2 is 1.07 bits per heavy atom. The van der Waals surface area contributed by atoms with Gasteiger partial charge in [-0.05, 0) is 95.1 Å². The summed E-state index contributed by atoms with van der Waals surface area (Å²) in [7, 11) is 0. The summed E-state index contributed by atoms with van der Waals surface area (Å²) in [4.78, 5) is 92.1. The fourth-order valence-electron chi connectivity index (χ4n) is 7.46. The zero-order valence-corrected chi connectivity index (χ0v) is 35.8. The lowest BCUT2D eigenvalue weighted by Crippen LogP contribution is -2.33. The first kappa shape index (κ1) is 47.0. The number of nitrogens with zero attached hydrogens (tertiary/aromatic N) is 1. The molecule has 0 saturated heterocycles. The monoisotopic (exact) mass is 881 g/mol. The first-order chi connectivity index (χ1) is 29.4. The van der Waals surface area contributed by atoms with Gasteiger partial charge in [-0.15, -0.1) is 0 Å². The molecule has 3 fully saturated rings. The van der Waals surface area contributed by atoms with E-state index in [-0.39, 0.29) is 89.6 Å². The molecule has 1 aliphatic heterocycles. The first-order valence-corrected chi connectivity index (χ1v) is 22.2. The molecule has 15 nitrogen and oxygen atoms in total. The third kappa shape index (κ3) is 13.5. The van der Waals surface area contributed by atoms with Crippen LogP contribution in [0.3, 0.4) is 0 Å². The second-order valence-electron chi connectivity index (χ2n) is 15.3. The maximum atomic E-state index is 13.6. The third-order valence-corrected chi connectivity index (χ3v) is 13.7. The van der Waals surface area contributed by atoms with E-state index in [1.807, 2.05) is 0 Å². The van der Waals surface area contributed by atoms with Crippen LogP contribution in [0.1, 0.15) is 90.4 Å². The van der Waals surface area contributed by atoms with Crippen molar-refractivity contribution in [1.29, 1.82) is 0 Å². The van der Waals surface area contributed by atoms with Gasteiger partial charge in [-0.1, -0.05) is 43.6 Å². The van der Waals surface area contributed by atoms with Crippen LogP contribution in [-0.4, -0.2) is 74.3 Å². The number of rotatable bonds is 17. The summed E-state index contributed by atoms with van der Waals surface area (Å²) in [6, 6.07) is 3.08. The first-order valence-electron chi connectivity index (χ1n) is 20.6. The number of thioether (sulfide) groups is 2. The fraction of sp³-hybridized carbons (Fsp3) is 0.545. The van der Waals surface area contributed by atoms with Crippen molar-refractivity contribution in [3.63, 3.8) is 0 Å². The molecule has 0 unspecified atom stereocenters. The lowest BCUT2D eigenvalue weighted by Gasteiger charge is -2.30. The van der Waals surface area contributed by atoms with Crippen molar-refractivity contribution < 1.29 is 66.7 Å². The Labute approximate surface area is 363 Å². The van der Waals surface area contributed by atoms with E-state index in [1.165, 1.54) is 6.07 Å². The van der Waals surface area contributed by atoms with Crippen molar-refractivity contribution >= 4 is 65.3 Å². The van der Waals surface area contributed by atoms with Crippen LogP contribution in [0, 0.1) is 36.2 Å². The highest BCUT2D eigenvalue weighted by atomic mass is 32.2. The van der Waals surface area contributed by atoms with Gasteiger partial charge in [0.15, 0.2) is 0 Å². The molecule has 61 heavy (non-hydrogen) atoms. The minimum absolute atomic E-state index is 0.126. The van der Waals surface area contributed by atoms with Crippen molar-refractivity contribution in [3.05, 3.63) is 58.8 Å². The molecule has 0 radical (unpaired) electrons. The Morgan fingerprint density at radius 1 is 0.623 bits per heavy atom. The van der Waals surface area contributed by atoms with Crippen molar-refractivity contribution in [2.75, 3.05) is 26.4 Å². The van der Waals surface area contributed by atoms with E-state index in [9.17, 15) is 33.6 Å². The predicted octanol–water partition coefficient (Wildman–Crippen LogP) is 7.45. The van der Waals surface area contributed by atoms with Crippen LogP contribution >= 0.6 is 23.5 Å². The van der Waals surface area contributed by atoms with Crippen LogP contribution in [0.2, 0.25) is 0 Å². The van der Waals surface area contributed by atoms with E-state index in [4.69, 9.17) is 39.7 Å². The number of esters is 7. The minimum atomic E-state index is -0.940. The molecule has 17 heteroatoms. The highest BCUT2D eigenvalue weighted by Gasteiger charge is 2.37. The largest absolute Gasteiger partial charge is 0.467 e. The molecular weight excluding hydrogens is 831 g/mol. The number of hydrogen-bond acceptors (Lipinski definition) is 16. The molecule has 3 aliphatic carbocycles. The average molecular weight is 882 g/mol. The van der Waals surface area contributed by atoms with Gasteiger partial charge in [0.1, 0.15) is 30.8 Å². The number of hydrogen-bond donors (Lipinski definition) is 0. The van der Waals surface area contributed by atoms with E-state index in [0.29, 0.717) is 86.3 Å². The lowest BCUT2D eigenvalue weighted by molar-refractivity contribution is -0.161. The molecule has 0 amide bonds. The van der Waals surface area contributed by atoms with Crippen LogP contribution in [0.15, 0.2) is 57.2 Å². The minimum Gasteiger partial charge on any atom is -0.467 e. The number of carbonyl (C=O) groups is 7. The van der Waals surface area contributed by atoms with Gasteiger partial charge >= 0.3 is 41.8 Å².